The molecule has 34 heavy (non-hydrogen) atoms. The number of benzene rings is 2. The molecule has 0 aromatic heterocycles. The van der Waals surface area contributed by atoms with E-state index >= 15 is 0 Å². The van der Waals surface area contributed by atoms with Gasteiger partial charge in [0.05, 0.1) is 12.6 Å². The van der Waals surface area contributed by atoms with E-state index in [9.17, 15) is 14.0 Å². The summed E-state index contributed by atoms with van der Waals surface area (Å²) in [5, 5.41) is 2.82. The summed E-state index contributed by atoms with van der Waals surface area (Å²) >= 11 is 0. The van der Waals surface area contributed by atoms with Gasteiger partial charge in [0.2, 0.25) is 5.91 Å². The monoisotopic (exact) mass is 470 g/mol. The van der Waals surface area contributed by atoms with Crippen molar-refractivity contribution in [2.45, 2.75) is 52.7 Å². The molecule has 7 heteroatoms. The van der Waals surface area contributed by atoms with Crippen LogP contribution in [-0.2, 0) is 20.7 Å². The number of ether oxygens (including phenoxy) is 2. The Labute approximate surface area is 201 Å². The fourth-order valence-electron chi connectivity index (χ4n) is 4.20. The zero-order chi connectivity index (χ0) is 24.9. The molecule has 1 heterocycles. The molecule has 0 saturated heterocycles. The molecule has 184 valence electrons. The van der Waals surface area contributed by atoms with Crippen LogP contribution in [0.15, 0.2) is 42.5 Å². The van der Waals surface area contributed by atoms with Crippen LogP contribution in [0.1, 0.15) is 56.8 Å². The first-order valence-electron chi connectivity index (χ1n) is 11.8. The average Bonchev–Trinajstić information content (AvgIpc) is 2.81. The number of carbonyl (C=O) groups is 2. The Bertz CT molecular complexity index is 1000. The van der Waals surface area contributed by atoms with Gasteiger partial charge in [0, 0.05) is 25.6 Å². The molecule has 0 unspecified atom stereocenters. The van der Waals surface area contributed by atoms with Crippen LogP contribution < -0.4 is 10.1 Å². The average molecular weight is 471 g/mol. The lowest BCUT2D eigenvalue weighted by molar-refractivity contribution is -0.141. The summed E-state index contributed by atoms with van der Waals surface area (Å²) in [5.41, 5.74) is 2.32. The van der Waals surface area contributed by atoms with Crippen molar-refractivity contribution in [1.29, 1.82) is 0 Å². The first kappa shape index (κ1) is 25.7. The molecule has 1 aliphatic heterocycles. The molecule has 1 aliphatic rings. The van der Waals surface area contributed by atoms with E-state index in [0.29, 0.717) is 38.3 Å². The van der Waals surface area contributed by atoms with Crippen LogP contribution in [0, 0.1) is 11.2 Å². The second kappa shape index (κ2) is 11.0. The molecule has 0 spiro atoms. The number of rotatable bonds is 8. The van der Waals surface area contributed by atoms with Gasteiger partial charge < -0.3 is 19.7 Å². The molecule has 2 amide bonds. The standard InChI is InChI=1S/C27H35FN2O4/c1-6-23(25(31)29-14-16-33-5)34-21-12-9-18-13-15-30(26(32)27(2,3)4)24(22(18)17-21)19-7-10-20(28)11-8-19/h7-12,17,23-24H,6,13-16H2,1-5H3,(H,29,31)/t23-,24+/m0/s1. The third kappa shape index (κ3) is 5.95. The summed E-state index contributed by atoms with van der Waals surface area (Å²) in [6.07, 6.45) is 0.575. The summed E-state index contributed by atoms with van der Waals surface area (Å²) in [7, 11) is 1.58. The molecular formula is C27H35FN2O4. The fraction of sp³-hybridized carbons (Fsp3) is 0.481. The number of nitrogens with one attached hydrogen (secondary N) is 1. The molecule has 0 radical (unpaired) electrons. The summed E-state index contributed by atoms with van der Waals surface area (Å²) in [5.74, 6) is 0.0696. The van der Waals surface area contributed by atoms with Gasteiger partial charge in [0.1, 0.15) is 11.6 Å². The van der Waals surface area contributed by atoms with Gasteiger partial charge in [-0.15, -0.1) is 0 Å². The number of carbonyl (C=O) groups excluding carboxylic acids is 2. The lowest BCUT2D eigenvalue weighted by Gasteiger charge is -2.41. The maximum absolute atomic E-state index is 13.7. The van der Waals surface area contributed by atoms with Gasteiger partial charge in [0.25, 0.3) is 5.91 Å². The van der Waals surface area contributed by atoms with E-state index in [4.69, 9.17) is 9.47 Å². The van der Waals surface area contributed by atoms with E-state index in [1.54, 1.807) is 19.2 Å². The van der Waals surface area contributed by atoms with Gasteiger partial charge in [-0.25, -0.2) is 4.39 Å². The number of halogens is 1. The van der Waals surface area contributed by atoms with Crippen LogP contribution in [0.4, 0.5) is 4.39 Å². The van der Waals surface area contributed by atoms with Crippen molar-refractivity contribution < 1.29 is 23.5 Å². The highest BCUT2D eigenvalue weighted by molar-refractivity contribution is 5.83. The van der Waals surface area contributed by atoms with E-state index in [1.807, 2.05) is 50.8 Å². The third-order valence-corrected chi connectivity index (χ3v) is 5.98. The fourth-order valence-corrected chi connectivity index (χ4v) is 4.20. The summed E-state index contributed by atoms with van der Waals surface area (Å²) in [6, 6.07) is 11.7. The smallest absolute Gasteiger partial charge is 0.261 e. The SMILES string of the molecule is CC[C@H](Oc1ccc2c(c1)[C@@H](c1ccc(F)cc1)N(C(=O)C(C)(C)C)CC2)C(=O)NCCOC. The molecule has 2 atom stereocenters. The molecule has 0 fully saturated rings. The van der Waals surface area contributed by atoms with Crippen LogP contribution in [0.2, 0.25) is 0 Å². The van der Waals surface area contributed by atoms with Gasteiger partial charge in [-0.05, 0) is 53.8 Å². The van der Waals surface area contributed by atoms with Crippen LogP contribution >= 0.6 is 0 Å². The number of fused-ring (bicyclic) bond motifs is 1. The van der Waals surface area contributed by atoms with Crippen molar-refractivity contribution >= 4 is 11.8 Å². The molecule has 1 N–H and O–H groups in total. The predicted octanol–water partition coefficient (Wildman–Crippen LogP) is 4.27. The van der Waals surface area contributed by atoms with Gasteiger partial charge in [-0.2, -0.15) is 0 Å². The van der Waals surface area contributed by atoms with E-state index in [1.165, 1.54) is 12.1 Å². The Morgan fingerprint density at radius 1 is 1.18 bits per heavy atom. The summed E-state index contributed by atoms with van der Waals surface area (Å²) < 4.78 is 24.7. The van der Waals surface area contributed by atoms with E-state index in [-0.39, 0.29) is 23.7 Å². The second-order valence-electron chi connectivity index (χ2n) is 9.61. The first-order chi connectivity index (χ1) is 16.2. The lowest BCUT2D eigenvalue weighted by Crippen LogP contribution is -2.45. The summed E-state index contributed by atoms with van der Waals surface area (Å²) in [6.45, 7) is 9.02. The quantitative estimate of drug-likeness (QED) is 0.586. The van der Waals surface area contributed by atoms with Crippen molar-refractivity contribution in [1.82, 2.24) is 10.2 Å². The van der Waals surface area contributed by atoms with Gasteiger partial charge in [-0.3, -0.25) is 9.59 Å². The molecule has 0 saturated carbocycles. The van der Waals surface area contributed by atoms with Crippen molar-refractivity contribution in [3.63, 3.8) is 0 Å². The molecule has 2 aromatic rings. The third-order valence-electron chi connectivity index (χ3n) is 5.98. The van der Waals surface area contributed by atoms with Crippen LogP contribution in [0.3, 0.4) is 0 Å². The minimum Gasteiger partial charge on any atom is -0.481 e. The highest BCUT2D eigenvalue weighted by Crippen LogP contribution is 2.39. The Kier molecular flexibility index (Phi) is 8.31. The van der Waals surface area contributed by atoms with Crippen molar-refractivity contribution in [3.05, 3.63) is 65.0 Å². The van der Waals surface area contributed by atoms with Crippen molar-refractivity contribution in [2.75, 3.05) is 26.8 Å². The number of methoxy groups -OCH3 is 1. The lowest BCUT2D eigenvalue weighted by atomic mass is 9.85. The maximum Gasteiger partial charge on any atom is 0.261 e. The largest absolute Gasteiger partial charge is 0.481 e. The Morgan fingerprint density at radius 2 is 1.88 bits per heavy atom. The van der Waals surface area contributed by atoms with Gasteiger partial charge in [0.15, 0.2) is 6.10 Å². The van der Waals surface area contributed by atoms with Crippen molar-refractivity contribution in [2.24, 2.45) is 5.41 Å². The Balaban J connectivity index is 1.96. The molecule has 0 bridgehead atoms. The van der Waals surface area contributed by atoms with Crippen LogP contribution in [-0.4, -0.2) is 49.6 Å². The van der Waals surface area contributed by atoms with Gasteiger partial charge in [-0.1, -0.05) is 45.9 Å². The number of nitrogens with zero attached hydrogens (tertiary/aromatic N) is 1. The molecule has 3 rings (SSSR count). The molecule has 2 aromatic carbocycles. The number of hydrogen-bond donors (Lipinski definition) is 1. The van der Waals surface area contributed by atoms with E-state index in [2.05, 4.69) is 5.32 Å². The van der Waals surface area contributed by atoms with Crippen molar-refractivity contribution in [3.8, 4) is 5.75 Å². The zero-order valence-corrected chi connectivity index (χ0v) is 20.7. The Morgan fingerprint density at radius 3 is 2.50 bits per heavy atom. The Hall–Kier alpha value is -2.93. The summed E-state index contributed by atoms with van der Waals surface area (Å²) in [4.78, 5) is 27.8. The normalized spacial score (nSPS) is 16.5. The predicted molar refractivity (Wildman–Crippen MR) is 129 cm³/mol. The number of hydrogen-bond acceptors (Lipinski definition) is 4. The van der Waals surface area contributed by atoms with E-state index in [0.717, 1.165) is 16.7 Å². The topological polar surface area (TPSA) is 67.9 Å². The number of amides is 2. The molecule has 6 nitrogen and oxygen atoms in total. The first-order valence-corrected chi connectivity index (χ1v) is 11.8. The molecular weight excluding hydrogens is 435 g/mol. The maximum atomic E-state index is 13.7. The minimum atomic E-state index is -0.643. The highest BCUT2D eigenvalue weighted by Gasteiger charge is 2.37. The van der Waals surface area contributed by atoms with Crippen LogP contribution in [0.5, 0.6) is 5.75 Å². The molecule has 0 aliphatic carbocycles. The minimum absolute atomic E-state index is 0.0303. The second-order valence-corrected chi connectivity index (χ2v) is 9.61. The van der Waals surface area contributed by atoms with E-state index < -0.39 is 11.5 Å². The van der Waals surface area contributed by atoms with Gasteiger partial charge >= 0.3 is 0 Å². The zero-order valence-electron chi connectivity index (χ0n) is 20.7. The highest BCUT2D eigenvalue weighted by atomic mass is 19.1. The van der Waals surface area contributed by atoms with Crippen LogP contribution in [0.25, 0.3) is 0 Å².